The molecule has 0 unspecified atom stereocenters. The van der Waals surface area contributed by atoms with Gasteiger partial charge in [0.15, 0.2) is 0 Å². The van der Waals surface area contributed by atoms with Crippen molar-refractivity contribution in [2.24, 2.45) is 5.92 Å². The Morgan fingerprint density at radius 2 is 1.95 bits per heavy atom. The van der Waals surface area contributed by atoms with Crippen LogP contribution in [0.4, 0.5) is 0 Å². The van der Waals surface area contributed by atoms with E-state index in [1.807, 2.05) is 30.5 Å². The Kier molecular flexibility index (Phi) is 3.18. The number of hydrogen-bond acceptors (Lipinski definition) is 2. The molecule has 5 nitrogen and oxygen atoms in total. The van der Waals surface area contributed by atoms with Gasteiger partial charge in [-0.05, 0) is 37.1 Å². The van der Waals surface area contributed by atoms with Crippen LogP contribution in [-0.2, 0) is 4.79 Å². The molecule has 20 heavy (non-hydrogen) atoms. The first-order chi connectivity index (χ1) is 9.65. The standard InChI is InChI=1S/C15H16N2O3/c18-14(17-7-4-10(5-8-17)15(19)20)12-1-2-13-11(9-12)3-6-16-13/h1-3,6,9-10,16H,4-5,7-8H2,(H,19,20). The summed E-state index contributed by atoms with van der Waals surface area (Å²) in [6.07, 6.45) is 2.91. The van der Waals surface area contributed by atoms with E-state index in [1.165, 1.54) is 0 Å². The van der Waals surface area contributed by atoms with E-state index in [0.29, 0.717) is 31.5 Å². The van der Waals surface area contributed by atoms with Crippen LogP contribution in [0, 0.1) is 5.92 Å². The first-order valence-electron chi connectivity index (χ1n) is 6.74. The number of aromatic amines is 1. The fraction of sp³-hybridized carbons (Fsp3) is 0.333. The van der Waals surface area contributed by atoms with Crippen molar-refractivity contribution in [1.82, 2.24) is 9.88 Å². The molecule has 2 heterocycles. The molecule has 1 fully saturated rings. The number of fused-ring (bicyclic) bond motifs is 1. The molecule has 0 atom stereocenters. The highest BCUT2D eigenvalue weighted by Crippen LogP contribution is 2.21. The number of carbonyl (C=O) groups is 2. The number of amides is 1. The van der Waals surface area contributed by atoms with E-state index in [1.54, 1.807) is 4.90 Å². The lowest BCUT2D eigenvalue weighted by atomic mass is 9.96. The van der Waals surface area contributed by atoms with Gasteiger partial charge in [0.1, 0.15) is 0 Å². The molecule has 0 spiro atoms. The van der Waals surface area contributed by atoms with E-state index in [2.05, 4.69) is 4.98 Å². The molecule has 3 rings (SSSR count). The van der Waals surface area contributed by atoms with Gasteiger partial charge in [0.2, 0.25) is 0 Å². The number of aliphatic carboxylic acids is 1. The fourth-order valence-corrected chi connectivity index (χ4v) is 2.70. The highest BCUT2D eigenvalue weighted by Gasteiger charge is 2.27. The molecule has 0 aliphatic carbocycles. The maximum atomic E-state index is 12.4. The minimum atomic E-state index is -0.758. The molecule has 1 amide bonds. The number of hydrogen-bond donors (Lipinski definition) is 2. The van der Waals surface area contributed by atoms with Crippen molar-refractivity contribution >= 4 is 22.8 Å². The summed E-state index contributed by atoms with van der Waals surface area (Å²) in [4.78, 5) is 28.2. The molecule has 2 N–H and O–H groups in total. The zero-order valence-electron chi connectivity index (χ0n) is 11.0. The highest BCUT2D eigenvalue weighted by atomic mass is 16.4. The van der Waals surface area contributed by atoms with Gasteiger partial charge in [-0.2, -0.15) is 0 Å². The van der Waals surface area contributed by atoms with Gasteiger partial charge >= 0.3 is 5.97 Å². The molecule has 1 aliphatic rings. The number of benzene rings is 1. The number of carboxylic acids is 1. The summed E-state index contributed by atoms with van der Waals surface area (Å²) < 4.78 is 0. The van der Waals surface area contributed by atoms with Crippen molar-refractivity contribution < 1.29 is 14.7 Å². The third-order valence-corrected chi connectivity index (χ3v) is 3.93. The SMILES string of the molecule is O=C(O)C1CCN(C(=O)c2ccc3[nH]ccc3c2)CC1. The number of piperidine rings is 1. The monoisotopic (exact) mass is 272 g/mol. The molecule has 1 aliphatic heterocycles. The van der Waals surface area contributed by atoms with Crippen LogP contribution in [0.1, 0.15) is 23.2 Å². The van der Waals surface area contributed by atoms with Crippen molar-refractivity contribution in [3.05, 3.63) is 36.0 Å². The molecule has 104 valence electrons. The highest BCUT2D eigenvalue weighted by molar-refractivity contribution is 5.98. The number of likely N-dealkylation sites (tertiary alicyclic amines) is 1. The molecule has 1 aromatic heterocycles. The summed E-state index contributed by atoms with van der Waals surface area (Å²) in [5.74, 6) is -1.09. The van der Waals surface area contributed by atoms with E-state index < -0.39 is 5.97 Å². The second kappa shape index (κ2) is 5.00. The molecule has 1 saturated heterocycles. The predicted octanol–water partition coefficient (Wildman–Crippen LogP) is 2.10. The number of carbonyl (C=O) groups excluding carboxylic acids is 1. The summed E-state index contributed by atoms with van der Waals surface area (Å²) >= 11 is 0. The molecule has 0 bridgehead atoms. The maximum Gasteiger partial charge on any atom is 0.306 e. The predicted molar refractivity (Wildman–Crippen MR) is 74.6 cm³/mol. The molecule has 0 radical (unpaired) electrons. The number of nitrogens with one attached hydrogen (secondary N) is 1. The van der Waals surface area contributed by atoms with Crippen molar-refractivity contribution in [1.29, 1.82) is 0 Å². The fourth-order valence-electron chi connectivity index (χ4n) is 2.70. The molecular formula is C15H16N2O3. The number of nitrogens with zero attached hydrogens (tertiary/aromatic N) is 1. The zero-order valence-corrected chi connectivity index (χ0v) is 11.0. The zero-order chi connectivity index (χ0) is 14.1. The average Bonchev–Trinajstić information content (AvgIpc) is 2.94. The summed E-state index contributed by atoms with van der Waals surface area (Å²) in [6, 6.07) is 7.51. The van der Waals surface area contributed by atoms with Crippen LogP contribution >= 0.6 is 0 Å². The van der Waals surface area contributed by atoms with Gasteiger partial charge in [-0.1, -0.05) is 0 Å². The van der Waals surface area contributed by atoms with E-state index in [4.69, 9.17) is 5.11 Å². The average molecular weight is 272 g/mol. The first-order valence-corrected chi connectivity index (χ1v) is 6.74. The van der Waals surface area contributed by atoms with Crippen molar-refractivity contribution in [3.63, 3.8) is 0 Å². The lowest BCUT2D eigenvalue weighted by Gasteiger charge is -2.30. The second-order valence-electron chi connectivity index (χ2n) is 5.18. The Morgan fingerprint density at radius 3 is 2.65 bits per heavy atom. The van der Waals surface area contributed by atoms with Gasteiger partial charge in [-0.25, -0.2) is 0 Å². The number of carboxylic acid groups (broad SMARTS) is 1. The Balaban J connectivity index is 1.74. The van der Waals surface area contributed by atoms with Gasteiger partial charge in [0, 0.05) is 35.8 Å². The van der Waals surface area contributed by atoms with Gasteiger partial charge in [0.25, 0.3) is 5.91 Å². The molecule has 1 aromatic carbocycles. The number of rotatable bonds is 2. The second-order valence-corrected chi connectivity index (χ2v) is 5.18. The minimum absolute atomic E-state index is 0.0167. The molecule has 5 heteroatoms. The minimum Gasteiger partial charge on any atom is -0.481 e. The quantitative estimate of drug-likeness (QED) is 0.879. The van der Waals surface area contributed by atoms with E-state index in [9.17, 15) is 9.59 Å². The molecular weight excluding hydrogens is 256 g/mol. The maximum absolute atomic E-state index is 12.4. The normalized spacial score (nSPS) is 16.5. The summed E-state index contributed by atoms with van der Waals surface area (Å²) in [7, 11) is 0. The number of aromatic nitrogens is 1. The van der Waals surface area contributed by atoms with Crippen LogP contribution in [0.5, 0.6) is 0 Å². The first kappa shape index (κ1) is 12.7. The summed E-state index contributed by atoms with van der Waals surface area (Å²) in [5, 5.41) is 9.98. The molecule has 2 aromatic rings. The van der Waals surface area contributed by atoms with E-state index >= 15 is 0 Å². The van der Waals surface area contributed by atoms with Crippen LogP contribution in [0.25, 0.3) is 10.9 Å². The van der Waals surface area contributed by atoms with E-state index in [0.717, 1.165) is 10.9 Å². The smallest absolute Gasteiger partial charge is 0.306 e. The van der Waals surface area contributed by atoms with Crippen molar-refractivity contribution in [3.8, 4) is 0 Å². The van der Waals surface area contributed by atoms with Gasteiger partial charge in [-0.3, -0.25) is 9.59 Å². The third-order valence-electron chi connectivity index (χ3n) is 3.93. The van der Waals surface area contributed by atoms with Gasteiger partial charge < -0.3 is 15.0 Å². The van der Waals surface area contributed by atoms with Crippen LogP contribution in [-0.4, -0.2) is 40.0 Å². The Bertz CT molecular complexity index is 654. The Labute approximate surface area is 116 Å². The third kappa shape index (κ3) is 2.27. The topological polar surface area (TPSA) is 73.4 Å². The summed E-state index contributed by atoms with van der Waals surface area (Å²) in [5.41, 5.74) is 1.66. The van der Waals surface area contributed by atoms with Crippen LogP contribution in [0.3, 0.4) is 0 Å². The van der Waals surface area contributed by atoms with E-state index in [-0.39, 0.29) is 11.8 Å². The number of H-pyrrole nitrogens is 1. The van der Waals surface area contributed by atoms with Crippen LogP contribution in [0.15, 0.2) is 30.5 Å². The molecule has 0 saturated carbocycles. The van der Waals surface area contributed by atoms with Crippen LogP contribution < -0.4 is 0 Å². The van der Waals surface area contributed by atoms with Crippen molar-refractivity contribution in [2.45, 2.75) is 12.8 Å². The lowest BCUT2D eigenvalue weighted by Crippen LogP contribution is -2.40. The Hall–Kier alpha value is -2.30. The largest absolute Gasteiger partial charge is 0.481 e. The van der Waals surface area contributed by atoms with Crippen molar-refractivity contribution in [2.75, 3.05) is 13.1 Å². The van der Waals surface area contributed by atoms with Crippen LogP contribution in [0.2, 0.25) is 0 Å². The van der Waals surface area contributed by atoms with Gasteiger partial charge in [0.05, 0.1) is 5.92 Å². The van der Waals surface area contributed by atoms with Gasteiger partial charge in [-0.15, -0.1) is 0 Å². The Morgan fingerprint density at radius 1 is 1.20 bits per heavy atom. The lowest BCUT2D eigenvalue weighted by molar-refractivity contribution is -0.143. The summed E-state index contributed by atoms with van der Waals surface area (Å²) in [6.45, 7) is 1.03.